The molecule has 3 aromatic rings. The zero-order chi connectivity index (χ0) is 22.2. The van der Waals surface area contributed by atoms with E-state index in [-0.39, 0.29) is 36.3 Å². The predicted molar refractivity (Wildman–Crippen MR) is 119 cm³/mol. The van der Waals surface area contributed by atoms with E-state index in [1.165, 1.54) is 25.1 Å². The highest BCUT2D eigenvalue weighted by atomic mass is 19.1. The highest BCUT2D eigenvalue weighted by molar-refractivity contribution is 5.98. The number of anilines is 3. The minimum absolute atomic E-state index is 0.0282. The van der Waals surface area contributed by atoms with Crippen LogP contribution in [-0.4, -0.2) is 24.1 Å². The molecule has 0 radical (unpaired) electrons. The fourth-order valence-corrected chi connectivity index (χ4v) is 2.91. The Morgan fingerprint density at radius 3 is 2.32 bits per heavy atom. The number of rotatable bonds is 8. The maximum atomic E-state index is 14.1. The van der Waals surface area contributed by atoms with Gasteiger partial charge in [0.1, 0.15) is 5.82 Å². The van der Waals surface area contributed by atoms with Crippen molar-refractivity contribution in [3.63, 3.8) is 0 Å². The summed E-state index contributed by atoms with van der Waals surface area (Å²) >= 11 is 0. The van der Waals surface area contributed by atoms with Crippen molar-refractivity contribution >= 4 is 34.7 Å². The van der Waals surface area contributed by atoms with Crippen molar-refractivity contribution in [2.45, 2.75) is 13.3 Å². The molecule has 0 unspecified atom stereocenters. The van der Waals surface area contributed by atoms with Crippen molar-refractivity contribution < 1.29 is 18.8 Å². The number of halogens is 1. The van der Waals surface area contributed by atoms with Gasteiger partial charge in [0.05, 0.1) is 18.7 Å². The van der Waals surface area contributed by atoms with Gasteiger partial charge >= 0.3 is 0 Å². The molecule has 3 aromatic carbocycles. The summed E-state index contributed by atoms with van der Waals surface area (Å²) in [6, 6.07) is 19.9. The van der Waals surface area contributed by atoms with Crippen LogP contribution in [0.25, 0.3) is 0 Å². The molecule has 0 atom stereocenters. The average molecular weight is 419 g/mol. The van der Waals surface area contributed by atoms with Crippen LogP contribution in [0.2, 0.25) is 0 Å². The molecule has 0 aliphatic heterocycles. The molecule has 0 spiro atoms. The number of carbonyl (C=O) groups is 3. The fourth-order valence-electron chi connectivity index (χ4n) is 2.91. The minimum atomic E-state index is -0.572. The van der Waals surface area contributed by atoms with Gasteiger partial charge in [-0.15, -0.1) is 0 Å². The molecule has 31 heavy (non-hydrogen) atoms. The Bertz CT molecular complexity index is 1100. The zero-order valence-corrected chi connectivity index (χ0v) is 16.9. The third-order valence-corrected chi connectivity index (χ3v) is 4.45. The SMILES string of the molecule is CC(=O)c1cccc(NC(=O)CNc2ccc(F)c(NC(=O)Cc3ccccc3)c2)c1. The van der Waals surface area contributed by atoms with Gasteiger partial charge in [0.2, 0.25) is 11.8 Å². The van der Waals surface area contributed by atoms with Crippen LogP contribution in [0, 0.1) is 5.82 Å². The predicted octanol–water partition coefficient (Wildman–Crippen LogP) is 4.26. The van der Waals surface area contributed by atoms with Gasteiger partial charge in [-0.1, -0.05) is 42.5 Å². The van der Waals surface area contributed by atoms with Crippen molar-refractivity contribution in [1.29, 1.82) is 0 Å². The molecule has 0 bridgehead atoms. The summed E-state index contributed by atoms with van der Waals surface area (Å²) in [6.07, 6.45) is 0.125. The number of ketones is 1. The van der Waals surface area contributed by atoms with Crippen LogP contribution >= 0.6 is 0 Å². The van der Waals surface area contributed by atoms with E-state index in [0.29, 0.717) is 16.9 Å². The first kappa shape index (κ1) is 21.7. The minimum Gasteiger partial charge on any atom is -0.376 e. The lowest BCUT2D eigenvalue weighted by Gasteiger charge is -2.11. The molecule has 0 aliphatic carbocycles. The summed E-state index contributed by atoms with van der Waals surface area (Å²) in [6.45, 7) is 1.38. The largest absolute Gasteiger partial charge is 0.376 e. The van der Waals surface area contributed by atoms with E-state index in [9.17, 15) is 18.8 Å². The molecule has 0 aromatic heterocycles. The van der Waals surface area contributed by atoms with E-state index < -0.39 is 5.82 Å². The normalized spacial score (nSPS) is 10.3. The van der Waals surface area contributed by atoms with E-state index in [4.69, 9.17) is 0 Å². The second kappa shape index (κ2) is 10.2. The van der Waals surface area contributed by atoms with Crippen molar-refractivity contribution in [2.75, 3.05) is 22.5 Å². The Balaban J connectivity index is 1.57. The molecule has 0 aliphatic rings. The lowest BCUT2D eigenvalue weighted by molar-refractivity contribution is -0.116. The number of Topliss-reactive ketones (excluding diaryl/α,β-unsaturated/α-hetero) is 1. The summed E-state index contributed by atoms with van der Waals surface area (Å²) < 4.78 is 14.1. The molecular weight excluding hydrogens is 397 g/mol. The van der Waals surface area contributed by atoms with E-state index in [0.717, 1.165) is 5.56 Å². The summed E-state index contributed by atoms with van der Waals surface area (Å²) in [5, 5.41) is 8.15. The topological polar surface area (TPSA) is 87.3 Å². The van der Waals surface area contributed by atoms with Gasteiger partial charge < -0.3 is 16.0 Å². The lowest BCUT2D eigenvalue weighted by atomic mass is 10.1. The van der Waals surface area contributed by atoms with Gasteiger partial charge in [-0.3, -0.25) is 14.4 Å². The monoisotopic (exact) mass is 419 g/mol. The third kappa shape index (κ3) is 6.50. The summed E-state index contributed by atoms with van der Waals surface area (Å²) in [5.41, 5.74) is 2.33. The maximum Gasteiger partial charge on any atom is 0.243 e. The molecule has 0 heterocycles. The molecular formula is C24H22FN3O3. The van der Waals surface area contributed by atoms with Crippen LogP contribution in [0.5, 0.6) is 0 Å². The van der Waals surface area contributed by atoms with Gasteiger partial charge in [0.15, 0.2) is 5.78 Å². The maximum absolute atomic E-state index is 14.1. The average Bonchev–Trinajstić information content (AvgIpc) is 2.75. The van der Waals surface area contributed by atoms with Crippen LogP contribution in [0.4, 0.5) is 21.5 Å². The quantitative estimate of drug-likeness (QED) is 0.476. The number of amides is 2. The third-order valence-electron chi connectivity index (χ3n) is 4.45. The highest BCUT2D eigenvalue weighted by Gasteiger charge is 2.10. The van der Waals surface area contributed by atoms with E-state index in [1.54, 1.807) is 24.3 Å². The molecule has 0 saturated carbocycles. The van der Waals surface area contributed by atoms with Crippen molar-refractivity contribution in [1.82, 2.24) is 0 Å². The summed E-state index contributed by atoms with van der Waals surface area (Å²) in [4.78, 5) is 35.8. The number of benzene rings is 3. The Morgan fingerprint density at radius 1 is 0.806 bits per heavy atom. The second-order valence-corrected chi connectivity index (χ2v) is 6.94. The van der Waals surface area contributed by atoms with E-state index in [2.05, 4.69) is 16.0 Å². The molecule has 6 nitrogen and oxygen atoms in total. The zero-order valence-electron chi connectivity index (χ0n) is 16.9. The lowest BCUT2D eigenvalue weighted by Crippen LogP contribution is -2.22. The van der Waals surface area contributed by atoms with Gasteiger partial charge in [-0.2, -0.15) is 0 Å². The van der Waals surface area contributed by atoms with Gasteiger partial charge in [-0.25, -0.2) is 4.39 Å². The molecule has 0 fully saturated rings. The highest BCUT2D eigenvalue weighted by Crippen LogP contribution is 2.20. The van der Waals surface area contributed by atoms with Crippen LogP contribution in [0.15, 0.2) is 72.8 Å². The fraction of sp³-hybridized carbons (Fsp3) is 0.125. The van der Waals surface area contributed by atoms with Crippen LogP contribution in [0.3, 0.4) is 0 Å². The van der Waals surface area contributed by atoms with Gasteiger partial charge in [0.25, 0.3) is 0 Å². The van der Waals surface area contributed by atoms with Gasteiger partial charge in [0, 0.05) is 16.9 Å². The number of nitrogens with one attached hydrogen (secondary N) is 3. The summed E-state index contributed by atoms with van der Waals surface area (Å²) in [5.74, 6) is -1.34. The summed E-state index contributed by atoms with van der Waals surface area (Å²) in [7, 11) is 0. The molecule has 0 saturated heterocycles. The van der Waals surface area contributed by atoms with Gasteiger partial charge in [-0.05, 0) is 42.8 Å². The molecule has 7 heteroatoms. The second-order valence-electron chi connectivity index (χ2n) is 6.94. The van der Waals surface area contributed by atoms with Crippen LogP contribution in [0.1, 0.15) is 22.8 Å². The molecule has 2 amide bonds. The van der Waals surface area contributed by atoms with Crippen LogP contribution in [-0.2, 0) is 16.0 Å². The van der Waals surface area contributed by atoms with Crippen molar-refractivity contribution in [3.8, 4) is 0 Å². The standard InChI is InChI=1S/C24H22FN3O3/c1-16(29)18-8-5-9-20(13-18)27-24(31)15-26-19-10-11-21(25)22(14-19)28-23(30)12-17-6-3-2-4-7-17/h2-11,13-14,26H,12,15H2,1H3,(H,27,31)(H,28,30). The number of carbonyl (C=O) groups excluding carboxylic acids is 3. The first-order valence-electron chi connectivity index (χ1n) is 9.69. The molecule has 3 rings (SSSR count). The number of hydrogen-bond donors (Lipinski definition) is 3. The van der Waals surface area contributed by atoms with E-state index >= 15 is 0 Å². The van der Waals surface area contributed by atoms with Crippen LogP contribution < -0.4 is 16.0 Å². The first-order valence-corrected chi connectivity index (χ1v) is 9.69. The smallest absolute Gasteiger partial charge is 0.243 e. The Hall–Kier alpha value is -4.00. The molecule has 3 N–H and O–H groups in total. The van der Waals surface area contributed by atoms with E-state index in [1.807, 2.05) is 30.3 Å². The van der Waals surface area contributed by atoms with Crippen molar-refractivity contribution in [3.05, 3.63) is 89.7 Å². The Kier molecular flexibility index (Phi) is 7.11. The van der Waals surface area contributed by atoms with Crippen molar-refractivity contribution in [2.24, 2.45) is 0 Å². The first-order chi connectivity index (χ1) is 14.9. The Morgan fingerprint density at radius 2 is 1.58 bits per heavy atom. The Labute approximate surface area is 179 Å². The number of hydrogen-bond acceptors (Lipinski definition) is 4. The molecule has 158 valence electrons.